The normalized spacial score (nSPS) is 10.2. The van der Waals surface area contributed by atoms with Crippen molar-refractivity contribution in [3.63, 3.8) is 0 Å². The number of halogens is 6. The molecule has 1 aromatic rings. The lowest BCUT2D eigenvalue weighted by atomic mass is 10.3. The smallest absolute Gasteiger partial charge is 0.372 e. The first-order chi connectivity index (χ1) is 7.77. The van der Waals surface area contributed by atoms with E-state index < -0.39 is 11.8 Å². The summed E-state index contributed by atoms with van der Waals surface area (Å²) in [5.74, 6) is -2.16. The molecule has 0 fully saturated rings. The van der Waals surface area contributed by atoms with E-state index in [1.165, 1.54) is 0 Å². The lowest BCUT2D eigenvalue weighted by molar-refractivity contribution is -0.131. The van der Waals surface area contributed by atoms with Crippen LogP contribution in [0.4, 0.5) is 4.39 Å². The number of rotatable bonds is 2. The van der Waals surface area contributed by atoms with E-state index in [1.807, 2.05) is 0 Å². The van der Waals surface area contributed by atoms with Gasteiger partial charge in [0.2, 0.25) is 5.83 Å². The highest BCUT2D eigenvalue weighted by atomic mass is 79.9. The Morgan fingerprint density at radius 2 is 1.29 bits per heavy atom. The Labute approximate surface area is 139 Å². The molecule has 0 atom stereocenters. The largest absolute Gasteiger partial charge is 0.419 e. The summed E-state index contributed by atoms with van der Waals surface area (Å²) >= 11 is 16.4. The predicted molar refractivity (Wildman–Crippen MR) is 80.8 cm³/mol. The average molecular weight is 561 g/mol. The van der Waals surface area contributed by atoms with Gasteiger partial charge in [-0.3, -0.25) is 0 Å². The Kier molecular flexibility index (Phi) is 5.84. The minimum absolute atomic E-state index is 0.149. The van der Waals surface area contributed by atoms with E-state index >= 15 is 0 Å². The van der Waals surface area contributed by atoms with Crippen LogP contribution < -0.4 is 4.74 Å². The summed E-state index contributed by atoms with van der Waals surface area (Å²) < 4.78 is 20.4. The third-order valence-corrected chi connectivity index (χ3v) is 7.61. The Bertz CT molecular complexity index is 486. The third kappa shape index (κ3) is 3.40. The number of benzene rings is 1. The van der Waals surface area contributed by atoms with Crippen molar-refractivity contribution in [3.05, 3.63) is 34.8 Å². The first kappa shape index (κ1) is 15.8. The van der Waals surface area contributed by atoms with Crippen LogP contribution in [-0.4, -0.2) is 5.97 Å². The van der Waals surface area contributed by atoms with Crippen molar-refractivity contribution in [2.75, 3.05) is 0 Å². The van der Waals surface area contributed by atoms with Crippen molar-refractivity contribution in [1.82, 2.24) is 0 Å². The van der Waals surface area contributed by atoms with E-state index in [0.29, 0.717) is 17.9 Å². The summed E-state index contributed by atoms with van der Waals surface area (Å²) in [6.07, 6.45) is 0. The van der Waals surface area contributed by atoms with Crippen LogP contribution in [0.2, 0.25) is 0 Å². The second kappa shape index (κ2) is 6.27. The summed E-state index contributed by atoms with van der Waals surface area (Å²) in [7, 11) is 0. The molecule has 0 saturated carbocycles. The molecule has 0 bridgehead atoms. The van der Waals surface area contributed by atoms with Gasteiger partial charge in [-0.05, 0) is 79.6 Å². The quantitative estimate of drug-likeness (QED) is 0.148. The van der Waals surface area contributed by atoms with Crippen LogP contribution in [0.25, 0.3) is 0 Å². The summed E-state index contributed by atoms with van der Waals surface area (Å²) in [6, 6.07) is 0. The maximum Gasteiger partial charge on any atom is 0.372 e. The van der Waals surface area contributed by atoms with Crippen molar-refractivity contribution in [1.29, 1.82) is 0 Å². The van der Waals surface area contributed by atoms with Crippen molar-refractivity contribution in [2.45, 2.75) is 0 Å². The standard InChI is InChI=1S/C9H2Br5FO2/c1-2(15)9(16)17-8-6(13)4(11)3(10)5(12)7(8)14/h1H2. The van der Waals surface area contributed by atoms with Crippen molar-refractivity contribution < 1.29 is 13.9 Å². The van der Waals surface area contributed by atoms with Gasteiger partial charge in [0.1, 0.15) is 0 Å². The number of carbonyl (C=O) groups is 1. The van der Waals surface area contributed by atoms with Gasteiger partial charge in [0, 0.05) is 4.47 Å². The van der Waals surface area contributed by atoms with Crippen molar-refractivity contribution in [2.24, 2.45) is 0 Å². The summed E-state index contributed by atoms with van der Waals surface area (Å²) in [4.78, 5) is 11.1. The van der Waals surface area contributed by atoms with E-state index in [4.69, 9.17) is 4.74 Å². The SMILES string of the molecule is C=C(F)C(=O)Oc1c(Br)c(Br)c(Br)c(Br)c1Br. The second-order valence-corrected chi connectivity index (χ2v) is 6.66. The van der Waals surface area contributed by atoms with Gasteiger partial charge in [-0.1, -0.05) is 6.58 Å². The van der Waals surface area contributed by atoms with Gasteiger partial charge >= 0.3 is 5.97 Å². The molecule has 0 spiro atoms. The molecule has 17 heavy (non-hydrogen) atoms. The lowest BCUT2D eigenvalue weighted by Crippen LogP contribution is -2.08. The Hall–Kier alpha value is 0.760. The van der Waals surface area contributed by atoms with E-state index in [0.717, 1.165) is 4.47 Å². The van der Waals surface area contributed by atoms with Gasteiger partial charge in [-0.25, -0.2) is 4.79 Å². The van der Waals surface area contributed by atoms with E-state index in [9.17, 15) is 9.18 Å². The van der Waals surface area contributed by atoms with Gasteiger partial charge in [0.05, 0.1) is 17.9 Å². The van der Waals surface area contributed by atoms with Gasteiger partial charge < -0.3 is 4.74 Å². The van der Waals surface area contributed by atoms with Crippen LogP contribution in [0.15, 0.2) is 34.8 Å². The van der Waals surface area contributed by atoms with Gasteiger partial charge in [0.15, 0.2) is 5.75 Å². The first-order valence-electron chi connectivity index (χ1n) is 3.85. The molecule has 8 heteroatoms. The van der Waals surface area contributed by atoms with Crippen LogP contribution in [0.3, 0.4) is 0 Å². The highest BCUT2D eigenvalue weighted by Crippen LogP contribution is 2.48. The zero-order valence-electron chi connectivity index (χ0n) is 7.79. The maximum absolute atomic E-state index is 12.6. The molecule has 0 saturated heterocycles. The topological polar surface area (TPSA) is 26.3 Å². The zero-order valence-corrected chi connectivity index (χ0v) is 15.7. The molecule has 0 aromatic heterocycles. The fourth-order valence-electron chi connectivity index (χ4n) is 0.822. The second-order valence-electron chi connectivity index (χ2n) is 2.69. The average Bonchev–Trinajstić information content (AvgIpc) is 2.29. The van der Waals surface area contributed by atoms with Crippen LogP contribution in [0.5, 0.6) is 5.75 Å². The monoisotopic (exact) mass is 556 g/mol. The summed E-state index contributed by atoms with van der Waals surface area (Å²) in [5.41, 5.74) is 0. The molecule has 0 heterocycles. The third-order valence-electron chi connectivity index (χ3n) is 1.59. The van der Waals surface area contributed by atoms with E-state index in [-0.39, 0.29) is 5.75 Å². The van der Waals surface area contributed by atoms with E-state index in [2.05, 4.69) is 86.2 Å². The molecule has 92 valence electrons. The molecule has 0 aliphatic carbocycles. The summed E-state index contributed by atoms with van der Waals surface area (Å²) in [6.45, 7) is 2.87. The van der Waals surface area contributed by atoms with Crippen LogP contribution in [-0.2, 0) is 4.79 Å². The minimum Gasteiger partial charge on any atom is -0.419 e. The Morgan fingerprint density at radius 1 is 0.941 bits per heavy atom. The summed E-state index contributed by atoms with van der Waals surface area (Å²) in [5, 5.41) is 0. The van der Waals surface area contributed by atoms with E-state index in [1.54, 1.807) is 0 Å². The molecular weight excluding hydrogens is 559 g/mol. The van der Waals surface area contributed by atoms with Crippen molar-refractivity contribution in [3.8, 4) is 5.75 Å². The molecule has 1 rings (SSSR count). The molecule has 0 radical (unpaired) electrons. The van der Waals surface area contributed by atoms with Gasteiger partial charge in [-0.2, -0.15) is 4.39 Å². The fraction of sp³-hybridized carbons (Fsp3) is 0. The molecule has 2 nitrogen and oxygen atoms in total. The lowest BCUT2D eigenvalue weighted by Gasteiger charge is -2.12. The highest BCUT2D eigenvalue weighted by Gasteiger charge is 2.21. The predicted octanol–water partition coefficient (Wildman–Crippen LogP) is 5.89. The molecule has 0 aliphatic heterocycles. The Balaban J connectivity index is 3.35. The molecule has 1 aromatic carbocycles. The number of hydrogen-bond acceptors (Lipinski definition) is 2. The van der Waals surface area contributed by atoms with Crippen LogP contribution >= 0.6 is 79.6 Å². The maximum atomic E-state index is 12.6. The molecule has 0 unspecified atom stereocenters. The number of carbonyl (C=O) groups excluding carboxylic acids is 1. The number of ether oxygens (including phenoxy) is 1. The van der Waals surface area contributed by atoms with Gasteiger partial charge in [0.25, 0.3) is 0 Å². The van der Waals surface area contributed by atoms with Crippen molar-refractivity contribution >= 4 is 85.6 Å². The molecule has 0 aliphatic rings. The highest BCUT2D eigenvalue weighted by molar-refractivity contribution is 9.15. The molecule has 0 N–H and O–H groups in total. The number of hydrogen-bond donors (Lipinski definition) is 0. The minimum atomic E-state index is -1.17. The van der Waals surface area contributed by atoms with Gasteiger partial charge in [-0.15, -0.1) is 0 Å². The number of esters is 1. The van der Waals surface area contributed by atoms with Crippen LogP contribution in [0, 0.1) is 0 Å². The zero-order chi connectivity index (χ0) is 13.3. The Morgan fingerprint density at radius 3 is 1.65 bits per heavy atom. The molecular formula is C9H2Br5FO2. The first-order valence-corrected chi connectivity index (χ1v) is 7.81. The molecule has 0 amide bonds. The van der Waals surface area contributed by atoms with Crippen LogP contribution in [0.1, 0.15) is 0 Å². The fourth-order valence-corrected chi connectivity index (χ4v) is 3.99.